The zero-order valence-electron chi connectivity index (χ0n) is 7.30. The highest BCUT2D eigenvalue weighted by Crippen LogP contribution is 2.11. The van der Waals surface area contributed by atoms with E-state index in [0.29, 0.717) is 19.6 Å². The van der Waals surface area contributed by atoms with E-state index >= 15 is 0 Å². The van der Waals surface area contributed by atoms with Crippen LogP contribution in [0.15, 0.2) is 28.7 Å². The molecule has 0 saturated heterocycles. The van der Waals surface area contributed by atoms with Gasteiger partial charge < -0.3 is 4.74 Å². The van der Waals surface area contributed by atoms with Crippen molar-refractivity contribution in [3.05, 3.63) is 34.3 Å². The summed E-state index contributed by atoms with van der Waals surface area (Å²) in [5.74, 6) is 0. The van der Waals surface area contributed by atoms with Gasteiger partial charge in [0, 0.05) is 11.1 Å². The van der Waals surface area contributed by atoms with E-state index in [1.807, 2.05) is 24.3 Å². The third-order valence-corrected chi connectivity index (χ3v) is 2.13. The second kappa shape index (κ2) is 6.11. The number of hydrogen-bond acceptors (Lipinski definition) is 1. The Morgan fingerprint density at radius 1 is 1.23 bits per heavy atom. The topological polar surface area (TPSA) is 9.23 Å². The number of benzene rings is 1. The minimum Gasteiger partial charge on any atom is -0.377 e. The Morgan fingerprint density at radius 3 is 2.54 bits per heavy atom. The van der Waals surface area contributed by atoms with Crippen molar-refractivity contribution in [3.63, 3.8) is 0 Å². The summed E-state index contributed by atoms with van der Waals surface area (Å²) < 4.78 is 18.0. The van der Waals surface area contributed by atoms with Crippen molar-refractivity contribution in [1.29, 1.82) is 0 Å². The number of rotatable bonds is 5. The van der Waals surface area contributed by atoms with Gasteiger partial charge in [-0.25, -0.2) is 0 Å². The largest absolute Gasteiger partial charge is 0.377 e. The molecule has 1 nitrogen and oxygen atoms in total. The molecule has 0 N–H and O–H groups in total. The third-order valence-electron chi connectivity index (χ3n) is 1.60. The van der Waals surface area contributed by atoms with E-state index in [1.165, 1.54) is 0 Å². The minimum absolute atomic E-state index is 0.305. The Bertz CT molecular complexity index is 235. The highest BCUT2D eigenvalue weighted by Gasteiger charge is 1.93. The lowest BCUT2D eigenvalue weighted by molar-refractivity contribution is 0.113. The van der Waals surface area contributed by atoms with Crippen LogP contribution in [0.2, 0.25) is 0 Å². The molecule has 0 saturated carbocycles. The molecule has 13 heavy (non-hydrogen) atoms. The van der Waals surface area contributed by atoms with E-state index in [2.05, 4.69) is 15.9 Å². The highest BCUT2D eigenvalue weighted by atomic mass is 79.9. The van der Waals surface area contributed by atoms with Crippen LogP contribution in [0.5, 0.6) is 0 Å². The molecule has 0 aliphatic rings. The molecule has 0 spiro atoms. The molecular weight excluding hydrogens is 235 g/mol. The summed E-state index contributed by atoms with van der Waals surface area (Å²) in [5.41, 5.74) is 1.11. The Hall–Kier alpha value is -0.410. The number of hydrogen-bond donors (Lipinski definition) is 0. The van der Waals surface area contributed by atoms with Gasteiger partial charge in [-0.1, -0.05) is 28.1 Å². The summed E-state index contributed by atoms with van der Waals surface area (Å²) >= 11 is 3.35. The summed E-state index contributed by atoms with van der Waals surface area (Å²) in [6.07, 6.45) is 0.483. The van der Waals surface area contributed by atoms with Crippen LogP contribution in [0, 0.1) is 0 Å². The molecule has 0 aliphatic carbocycles. The number of ether oxygens (including phenoxy) is 1. The first-order valence-corrected chi connectivity index (χ1v) is 5.00. The van der Waals surface area contributed by atoms with Crippen LogP contribution in [0.1, 0.15) is 12.0 Å². The predicted molar refractivity (Wildman–Crippen MR) is 54.4 cm³/mol. The Morgan fingerprint density at radius 2 is 1.92 bits per heavy atom. The van der Waals surface area contributed by atoms with E-state index in [-0.39, 0.29) is 6.67 Å². The fraction of sp³-hybridized carbons (Fsp3) is 0.400. The maximum atomic E-state index is 11.7. The van der Waals surface area contributed by atoms with Gasteiger partial charge in [0.2, 0.25) is 0 Å². The SMILES string of the molecule is FCCCOCc1ccc(Br)cc1. The van der Waals surface area contributed by atoms with Gasteiger partial charge in [-0.2, -0.15) is 0 Å². The first kappa shape index (κ1) is 10.7. The average Bonchev–Trinajstić information content (AvgIpc) is 2.15. The molecule has 0 amide bonds. The van der Waals surface area contributed by atoms with Crippen LogP contribution in [-0.2, 0) is 11.3 Å². The van der Waals surface area contributed by atoms with E-state index in [4.69, 9.17) is 4.74 Å². The van der Waals surface area contributed by atoms with Crippen LogP contribution < -0.4 is 0 Å². The fourth-order valence-electron chi connectivity index (χ4n) is 0.927. The smallest absolute Gasteiger partial charge is 0.0916 e. The molecule has 0 atom stereocenters. The molecule has 0 radical (unpaired) electrons. The van der Waals surface area contributed by atoms with Gasteiger partial charge in [-0.15, -0.1) is 0 Å². The van der Waals surface area contributed by atoms with Gasteiger partial charge >= 0.3 is 0 Å². The third kappa shape index (κ3) is 4.39. The quantitative estimate of drug-likeness (QED) is 0.725. The summed E-state index contributed by atoms with van der Waals surface area (Å²) in [6, 6.07) is 7.90. The first-order valence-electron chi connectivity index (χ1n) is 4.21. The minimum atomic E-state index is -0.305. The molecular formula is C10H12BrFO. The fourth-order valence-corrected chi connectivity index (χ4v) is 1.19. The molecule has 0 heterocycles. The lowest BCUT2D eigenvalue weighted by atomic mass is 10.2. The Labute approximate surface area is 86.0 Å². The highest BCUT2D eigenvalue weighted by molar-refractivity contribution is 9.10. The van der Waals surface area contributed by atoms with Crippen molar-refractivity contribution in [2.24, 2.45) is 0 Å². The monoisotopic (exact) mass is 246 g/mol. The van der Waals surface area contributed by atoms with Gasteiger partial charge in [0.05, 0.1) is 13.3 Å². The van der Waals surface area contributed by atoms with Crippen molar-refractivity contribution in [1.82, 2.24) is 0 Å². The lowest BCUT2D eigenvalue weighted by Gasteiger charge is -2.02. The molecule has 0 bridgehead atoms. The average molecular weight is 247 g/mol. The Kier molecular flexibility index (Phi) is 5.01. The zero-order valence-corrected chi connectivity index (χ0v) is 8.89. The van der Waals surface area contributed by atoms with Gasteiger partial charge in [-0.3, -0.25) is 4.39 Å². The normalized spacial score (nSPS) is 10.3. The van der Waals surface area contributed by atoms with Crippen molar-refractivity contribution in [2.75, 3.05) is 13.3 Å². The van der Waals surface area contributed by atoms with E-state index < -0.39 is 0 Å². The molecule has 3 heteroatoms. The van der Waals surface area contributed by atoms with Crippen LogP contribution in [0.3, 0.4) is 0 Å². The molecule has 0 aliphatic heterocycles. The molecule has 0 fully saturated rings. The molecule has 0 unspecified atom stereocenters. The molecule has 0 aromatic heterocycles. The standard InChI is InChI=1S/C10H12BrFO/c11-10-4-2-9(3-5-10)8-13-7-1-6-12/h2-5H,1,6-8H2. The van der Waals surface area contributed by atoms with Crippen molar-refractivity contribution in [3.8, 4) is 0 Å². The summed E-state index contributed by atoms with van der Waals surface area (Å²) in [5, 5.41) is 0. The number of halogens is 2. The molecule has 1 aromatic carbocycles. The maximum absolute atomic E-state index is 11.7. The first-order chi connectivity index (χ1) is 6.33. The summed E-state index contributed by atoms with van der Waals surface area (Å²) in [4.78, 5) is 0. The predicted octanol–water partition coefficient (Wildman–Crippen LogP) is 3.33. The van der Waals surface area contributed by atoms with Crippen molar-refractivity contribution >= 4 is 15.9 Å². The maximum Gasteiger partial charge on any atom is 0.0916 e. The van der Waals surface area contributed by atoms with Gasteiger partial charge in [0.1, 0.15) is 0 Å². The zero-order chi connectivity index (χ0) is 9.52. The lowest BCUT2D eigenvalue weighted by Crippen LogP contribution is -1.95. The van der Waals surface area contributed by atoms with Gasteiger partial charge in [0.25, 0.3) is 0 Å². The second-order valence-electron chi connectivity index (χ2n) is 2.72. The summed E-state index contributed by atoms with van der Waals surface area (Å²) in [7, 11) is 0. The summed E-state index contributed by atoms with van der Waals surface area (Å²) in [6.45, 7) is 0.750. The van der Waals surface area contributed by atoms with Crippen LogP contribution in [0.4, 0.5) is 4.39 Å². The molecule has 1 rings (SSSR count). The molecule has 72 valence electrons. The molecule has 1 aromatic rings. The van der Waals surface area contributed by atoms with E-state index in [0.717, 1.165) is 10.0 Å². The Balaban J connectivity index is 2.25. The second-order valence-corrected chi connectivity index (χ2v) is 3.64. The van der Waals surface area contributed by atoms with Crippen LogP contribution >= 0.6 is 15.9 Å². The van der Waals surface area contributed by atoms with Gasteiger partial charge in [-0.05, 0) is 24.1 Å². The van der Waals surface area contributed by atoms with E-state index in [1.54, 1.807) is 0 Å². The van der Waals surface area contributed by atoms with Crippen LogP contribution in [-0.4, -0.2) is 13.3 Å². The van der Waals surface area contributed by atoms with Crippen molar-refractivity contribution < 1.29 is 9.13 Å². The van der Waals surface area contributed by atoms with Gasteiger partial charge in [0.15, 0.2) is 0 Å². The van der Waals surface area contributed by atoms with E-state index in [9.17, 15) is 4.39 Å². The van der Waals surface area contributed by atoms with Crippen LogP contribution in [0.25, 0.3) is 0 Å². The van der Waals surface area contributed by atoms with Crippen molar-refractivity contribution in [2.45, 2.75) is 13.0 Å². The number of alkyl halides is 1.